The number of rotatable bonds is 3. The lowest BCUT2D eigenvalue weighted by molar-refractivity contribution is 0.198. The van der Waals surface area contributed by atoms with Gasteiger partial charge in [-0.25, -0.2) is 0 Å². The van der Waals surface area contributed by atoms with E-state index in [0.29, 0.717) is 0 Å². The summed E-state index contributed by atoms with van der Waals surface area (Å²) in [6.07, 6.45) is 4.11. The average molecular weight is 204 g/mol. The fourth-order valence-electron chi connectivity index (χ4n) is 1.17. The van der Waals surface area contributed by atoms with Crippen LogP contribution in [0.2, 0.25) is 0 Å². The quantitative estimate of drug-likeness (QED) is 0.719. The highest BCUT2D eigenvalue weighted by molar-refractivity contribution is 5.50. The highest BCUT2D eigenvalue weighted by atomic mass is 16.5. The molecule has 0 saturated heterocycles. The summed E-state index contributed by atoms with van der Waals surface area (Å²) in [4.78, 5) is 0. The molecule has 0 radical (unpaired) electrons. The molecule has 0 aromatic heterocycles. The van der Waals surface area contributed by atoms with Crippen molar-refractivity contribution in [2.45, 2.75) is 27.7 Å². The summed E-state index contributed by atoms with van der Waals surface area (Å²) in [6, 6.07) is 8.16. The number of allylic oxidation sites excluding steroid dienone is 1. The van der Waals surface area contributed by atoms with Gasteiger partial charge in [0, 0.05) is 0 Å². The molecular weight excluding hydrogens is 184 g/mol. The van der Waals surface area contributed by atoms with E-state index >= 15 is 0 Å². The van der Waals surface area contributed by atoms with E-state index in [1.165, 1.54) is 5.56 Å². The zero-order chi connectivity index (χ0) is 11.3. The Morgan fingerprint density at radius 1 is 1.13 bits per heavy atom. The van der Waals surface area contributed by atoms with E-state index in [1.807, 2.05) is 25.1 Å². The van der Waals surface area contributed by atoms with E-state index < -0.39 is 0 Å². The smallest absolute Gasteiger partial charge is 0.119 e. The highest BCUT2D eigenvalue weighted by Crippen LogP contribution is 2.18. The molecule has 82 valence electrons. The van der Waals surface area contributed by atoms with Crippen molar-refractivity contribution in [1.82, 2.24) is 0 Å². The fourth-order valence-corrected chi connectivity index (χ4v) is 1.17. The first-order chi connectivity index (χ1) is 7.01. The Morgan fingerprint density at radius 3 is 2.20 bits per heavy atom. The van der Waals surface area contributed by atoms with Gasteiger partial charge in [0.1, 0.15) is 5.75 Å². The zero-order valence-corrected chi connectivity index (χ0v) is 10.1. The molecule has 0 aliphatic carbocycles. The molecule has 1 aromatic carbocycles. The molecule has 0 spiro atoms. The van der Waals surface area contributed by atoms with Gasteiger partial charge >= 0.3 is 0 Å². The second kappa shape index (κ2) is 5.01. The van der Waals surface area contributed by atoms with Gasteiger partial charge in [0.2, 0.25) is 0 Å². The third kappa shape index (κ3) is 4.68. The molecule has 0 bridgehead atoms. The molecule has 0 unspecified atom stereocenters. The molecule has 0 atom stereocenters. The van der Waals surface area contributed by atoms with Gasteiger partial charge in [-0.3, -0.25) is 0 Å². The summed E-state index contributed by atoms with van der Waals surface area (Å²) in [5, 5.41) is 0. The SMILES string of the molecule is C/C=C/c1ccc(OCC(C)(C)C)cc1. The second-order valence-corrected chi connectivity index (χ2v) is 4.92. The van der Waals surface area contributed by atoms with Gasteiger partial charge in [-0.05, 0) is 30.0 Å². The van der Waals surface area contributed by atoms with Gasteiger partial charge in [0.05, 0.1) is 6.61 Å². The Morgan fingerprint density at radius 2 is 1.73 bits per heavy atom. The van der Waals surface area contributed by atoms with E-state index in [2.05, 4.69) is 39.0 Å². The fraction of sp³-hybridized carbons (Fsp3) is 0.429. The van der Waals surface area contributed by atoms with Crippen LogP contribution in [0.5, 0.6) is 5.75 Å². The Kier molecular flexibility index (Phi) is 3.96. The summed E-state index contributed by atoms with van der Waals surface area (Å²) < 4.78 is 5.68. The maximum absolute atomic E-state index is 5.68. The van der Waals surface area contributed by atoms with Crippen LogP contribution in [-0.2, 0) is 0 Å². The zero-order valence-electron chi connectivity index (χ0n) is 10.1. The predicted molar refractivity (Wildman–Crippen MR) is 66.1 cm³/mol. The Labute approximate surface area is 92.8 Å². The first-order valence-corrected chi connectivity index (χ1v) is 5.37. The molecule has 1 nitrogen and oxygen atoms in total. The molecule has 0 fully saturated rings. The molecule has 0 heterocycles. The minimum absolute atomic E-state index is 0.210. The van der Waals surface area contributed by atoms with Crippen LogP contribution < -0.4 is 4.74 Å². The third-order valence-corrected chi connectivity index (χ3v) is 1.91. The van der Waals surface area contributed by atoms with Crippen LogP contribution in [0.4, 0.5) is 0 Å². The van der Waals surface area contributed by atoms with E-state index in [0.717, 1.165) is 12.4 Å². The van der Waals surface area contributed by atoms with Crippen molar-refractivity contribution >= 4 is 6.08 Å². The molecule has 15 heavy (non-hydrogen) atoms. The molecule has 0 amide bonds. The highest BCUT2D eigenvalue weighted by Gasteiger charge is 2.10. The molecule has 0 aliphatic rings. The van der Waals surface area contributed by atoms with Crippen LogP contribution in [0.25, 0.3) is 6.08 Å². The van der Waals surface area contributed by atoms with Gasteiger partial charge in [-0.2, -0.15) is 0 Å². The van der Waals surface area contributed by atoms with Crippen LogP contribution in [0, 0.1) is 5.41 Å². The normalized spacial score (nSPS) is 12.0. The molecule has 1 heteroatoms. The standard InChI is InChI=1S/C14H20O/c1-5-6-12-7-9-13(10-8-12)15-11-14(2,3)4/h5-10H,11H2,1-4H3/b6-5+. The molecule has 0 aliphatic heterocycles. The van der Waals surface area contributed by atoms with Crippen molar-refractivity contribution in [2.24, 2.45) is 5.41 Å². The lowest BCUT2D eigenvalue weighted by atomic mass is 9.99. The first-order valence-electron chi connectivity index (χ1n) is 5.37. The van der Waals surface area contributed by atoms with Crippen molar-refractivity contribution < 1.29 is 4.74 Å². The van der Waals surface area contributed by atoms with Crippen molar-refractivity contribution in [3.63, 3.8) is 0 Å². The third-order valence-electron chi connectivity index (χ3n) is 1.91. The van der Waals surface area contributed by atoms with Gasteiger partial charge in [-0.15, -0.1) is 0 Å². The second-order valence-electron chi connectivity index (χ2n) is 4.92. The van der Waals surface area contributed by atoms with Gasteiger partial charge < -0.3 is 4.74 Å². The van der Waals surface area contributed by atoms with Crippen LogP contribution >= 0.6 is 0 Å². The monoisotopic (exact) mass is 204 g/mol. The van der Waals surface area contributed by atoms with Crippen LogP contribution in [-0.4, -0.2) is 6.61 Å². The molecule has 0 N–H and O–H groups in total. The van der Waals surface area contributed by atoms with Crippen molar-refractivity contribution in [1.29, 1.82) is 0 Å². The molecular formula is C14H20O. The summed E-state index contributed by atoms with van der Waals surface area (Å²) in [6.45, 7) is 9.27. The molecule has 1 rings (SSSR count). The molecule has 0 saturated carbocycles. The van der Waals surface area contributed by atoms with Gasteiger partial charge in [0.25, 0.3) is 0 Å². The maximum atomic E-state index is 5.68. The summed E-state index contributed by atoms with van der Waals surface area (Å²) in [5.74, 6) is 0.943. The van der Waals surface area contributed by atoms with Crippen LogP contribution in [0.1, 0.15) is 33.3 Å². The number of hydrogen-bond acceptors (Lipinski definition) is 1. The number of benzene rings is 1. The summed E-state index contributed by atoms with van der Waals surface area (Å²) in [5.41, 5.74) is 1.42. The Bertz CT molecular complexity index is 314. The largest absolute Gasteiger partial charge is 0.493 e. The van der Waals surface area contributed by atoms with Crippen molar-refractivity contribution in [3.8, 4) is 5.75 Å². The van der Waals surface area contributed by atoms with Crippen molar-refractivity contribution in [3.05, 3.63) is 35.9 Å². The van der Waals surface area contributed by atoms with Gasteiger partial charge in [-0.1, -0.05) is 45.1 Å². The lowest BCUT2D eigenvalue weighted by Crippen LogP contribution is -2.16. The predicted octanol–water partition coefficient (Wildman–Crippen LogP) is 4.14. The minimum Gasteiger partial charge on any atom is -0.493 e. The number of ether oxygens (including phenoxy) is 1. The minimum atomic E-state index is 0.210. The topological polar surface area (TPSA) is 9.23 Å². The van der Waals surface area contributed by atoms with E-state index in [1.54, 1.807) is 0 Å². The maximum Gasteiger partial charge on any atom is 0.119 e. The molecule has 1 aromatic rings. The Hall–Kier alpha value is -1.24. The van der Waals surface area contributed by atoms with E-state index in [9.17, 15) is 0 Å². The number of hydrogen-bond donors (Lipinski definition) is 0. The van der Waals surface area contributed by atoms with Gasteiger partial charge in [0.15, 0.2) is 0 Å². The van der Waals surface area contributed by atoms with Crippen LogP contribution in [0.15, 0.2) is 30.3 Å². The van der Waals surface area contributed by atoms with E-state index in [-0.39, 0.29) is 5.41 Å². The van der Waals surface area contributed by atoms with Crippen LogP contribution in [0.3, 0.4) is 0 Å². The Balaban J connectivity index is 2.57. The lowest BCUT2D eigenvalue weighted by Gasteiger charge is -2.18. The average Bonchev–Trinajstić information content (AvgIpc) is 2.16. The first kappa shape index (κ1) is 11.8. The van der Waals surface area contributed by atoms with Crippen molar-refractivity contribution in [2.75, 3.05) is 6.61 Å². The summed E-state index contributed by atoms with van der Waals surface area (Å²) >= 11 is 0. The van der Waals surface area contributed by atoms with E-state index in [4.69, 9.17) is 4.74 Å². The summed E-state index contributed by atoms with van der Waals surface area (Å²) in [7, 11) is 0.